The number of esters is 2. The Hall–Kier alpha value is -2.75. The van der Waals surface area contributed by atoms with Gasteiger partial charge in [0.1, 0.15) is 12.2 Å². The van der Waals surface area contributed by atoms with E-state index < -0.39 is 28.9 Å². The zero-order valence-corrected chi connectivity index (χ0v) is 38.1. The Labute approximate surface area is 349 Å². The molecule has 0 aromatic carbocycles. The van der Waals surface area contributed by atoms with Crippen LogP contribution >= 0.6 is 0 Å². The predicted octanol–water partition coefficient (Wildman–Crippen LogP) is 8.50. The van der Waals surface area contributed by atoms with Crippen LogP contribution in [0.2, 0.25) is 0 Å². The number of amides is 1. The molecule has 2 unspecified atom stereocenters. The number of carbonyl (C=O) groups is 5. The van der Waals surface area contributed by atoms with E-state index in [1.165, 1.54) is 25.3 Å². The van der Waals surface area contributed by atoms with Gasteiger partial charge in [0, 0.05) is 64.3 Å². The van der Waals surface area contributed by atoms with E-state index in [-0.39, 0.29) is 63.7 Å². The molecule has 0 aromatic heterocycles. The Bertz CT molecular complexity index is 1690. The number of allylic oxidation sites excluding steroid dienone is 1. The van der Waals surface area contributed by atoms with Crippen LogP contribution in [0.3, 0.4) is 0 Å². The highest BCUT2D eigenvalue weighted by molar-refractivity contribution is 6.01. The number of hydrogen-bond donors (Lipinski definition) is 1. The number of rotatable bonds is 14. The lowest BCUT2D eigenvalue weighted by Crippen LogP contribution is -2.66. The summed E-state index contributed by atoms with van der Waals surface area (Å²) in [5.41, 5.74) is 0.239. The number of carboxylic acid groups (broad SMARTS) is 1. The fourth-order valence-electron chi connectivity index (χ4n) is 14.0. The van der Waals surface area contributed by atoms with Gasteiger partial charge in [0.25, 0.3) is 0 Å². The molecule has 5 fully saturated rings. The average molecular weight is 809 g/mol. The van der Waals surface area contributed by atoms with Crippen LogP contribution in [0, 0.1) is 62.1 Å². The van der Waals surface area contributed by atoms with Crippen molar-refractivity contribution in [3.63, 3.8) is 0 Å². The van der Waals surface area contributed by atoms with Crippen molar-refractivity contribution in [3.8, 4) is 0 Å². The van der Waals surface area contributed by atoms with Gasteiger partial charge in [-0.3, -0.25) is 28.9 Å². The molecule has 0 aromatic rings. The maximum absolute atomic E-state index is 14.5. The van der Waals surface area contributed by atoms with Crippen LogP contribution in [0.4, 0.5) is 0 Å². The minimum Gasteiger partial charge on any atom is -0.481 e. The topological polar surface area (TPSA) is 131 Å². The van der Waals surface area contributed by atoms with Gasteiger partial charge in [-0.25, -0.2) is 0 Å². The van der Waals surface area contributed by atoms with Crippen molar-refractivity contribution in [1.29, 1.82) is 0 Å². The monoisotopic (exact) mass is 809 g/mol. The summed E-state index contributed by atoms with van der Waals surface area (Å²) in [5, 5.41) is 9.66. The fraction of sp³-hybridized carbons (Fsp3) is 0.854. The predicted molar refractivity (Wildman–Crippen MR) is 223 cm³/mol. The quantitative estimate of drug-likeness (QED) is 0.172. The first-order valence-electron chi connectivity index (χ1n) is 22.7. The molecule has 58 heavy (non-hydrogen) atoms. The van der Waals surface area contributed by atoms with Gasteiger partial charge >= 0.3 is 17.9 Å². The summed E-state index contributed by atoms with van der Waals surface area (Å²) < 4.78 is 12.7. The Morgan fingerprint density at radius 1 is 0.862 bits per heavy atom. The molecule has 6 aliphatic rings. The van der Waals surface area contributed by atoms with Gasteiger partial charge in [-0.05, 0) is 135 Å². The largest absolute Gasteiger partial charge is 0.481 e. The van der Waals surface area contributed by atoms with Gasteiger partial charge in [0.15, 0.2) is 5.78 Å². The third kappa shape index (κ3) is 7.61. The minimum atomic E-state index is -1.18. The maximum Gasteiger partial charge on any atom is 0.309 e. The SMILES string of the molecule is CC(=O)OC(CN(CCN(C)C(C)=O)CC1CC1)C12CC[C@]3(C)[C@H](CC[C@@H]4[C@@]5(C)CC[C@H](OC(=O)CC(C)(C)C(=O)O)C(C)(C)[C@H]5CC[C@]43C)C1=C(C(C)C)C(=O)C2. The molecule has 0 spiro atoms. The number of ketones is 1. The second kappa shape index (κ2) is 15.6. The van der Waals surface area contributed by atoms with E-state index in [0.29, 0.717) is 43.8 Å². The molecular formula is C48H76N2O8. The molecule has 0 aliphatic heterocycles. The summed E-state index contributed by atoms with van der Waals surface area (Å²) in [5.74, 6) is 0.190. The number of carbonyl (C=O) groups excluding carboxylic acids is 4. The first kappa shape index (κ1) is 44.8. The molecule has 0 saturated heterocycles. The third-order valence-corrected chi connectivity index (χ3v) is 17.7. The maximum atomic E-state index is 14.5. The Kier molecular flexibility index (Phi) is 12.1. The van der Waals surface area contributed by atoms with Crippen LogP contribution in [0.5, 0.6) is 0 Å². The van der Waals surface area contributed by atoms with Crippen LogP contribution in [-0.2, 0) is 33.4 Å². The van der Waals surface area contributed by atoms with Crippen molar-refractivity contribution in [3.05, 3.63) is 11.1 Å². The third-order valence-electron chi connectivity index (χ3n) is 17.7. The van der Waals surface area contributed by atoms with E-state index in [4.69, 9.17) is 9.47 Å². The molecule has 10 heteroatoms. The summed E-state index contributed by atoms with van der Waals surface area (Å²) in [7, 11) is 1.84. The molecule has 9 atom stereocenters. The van der Waals surface area contributed by atoms with Crippen LogP contribution < -0.4 is 0 Å². The van der Waals surface area contributed by atoms with Gasteiger partial charge < -0.3 is 19.5 Å². The van der Waals surface area contributed by atoms with Gasteiger partial charge in [-0.2, -0.15) is 0 Å². The second-order valence-electron chi connectivity index (χ2n) is 22.3. The Morgan fingerprint density at radius 2 is 1.53 bits per heavy atom. The van der Waals surface area contributed by atoms with Crippen LogP contribution in [0.15, 0.2) is 11.1 Å². The molecule has 10 nitrogen and oxygen atoms in total. The highest BCUT2D eigenvalue weighted by atomic mass is 16.5. The van der Waals surface area contributed by atoms with E-state index in [2.05, 4.69) is 53.4 Å². The number of carboxylic acids is 1. The number of ether oxygens (including phenoxy) is 2. The number of likely N-dealkylation sites (N-methyl/N-ethyl adjacent to an activating group) is 1. The summed E-state index contributed by atoms with van der Waals surface area (Å²) in [4.78, 5) is 68.9. The van der Waals surface area contributed by atoms with E-state index >= 15 is 0 Å². The zero-order valence-electron chi connectivity index (χ0n) is 38.1. The van der Waals surface area contributed by atoms with Crippen molar-refractivity contribution in [2.75, 3.05) is 33.2 Å². The molecule has 0 radical (unpaired) electrons. The van der Waals surface area contributed by atoms with E-state index in [1.54, 1.807) is 25.7 Å². The standard InChI is InChI=1S/C48H76N2O8/c1-29(2)40-34(53)25-48(38(57-31(4)52)28-50(27-32-13-14-32)24-23-49(12)30(3)51)22-21-46(10)33(41(40)48)15-16-36-45(9)19-18-37(58-39(54)26-43(5,6)42(55)56)44(7,8)35(45)17-20-47(36,46)11/h29,32-33,35-38H,13-28H2,1-12H3,(H,55,56)/t33-,35-,36-,37+,38?,45+,46-,47-,48?/m1/s1. The number of Topliss-reactive ketones (excluding diaryl/α,β-unsaturated/α-hetero) is 1. The number of hydrogen-bond acceptors (Lipinski definition) is 8. The summed E-state index contributed by atoms with van der Waals surface area (Å²) >= 11 is 0. The number of aliphatic carboxylic acids is 1. The van der Waals surface area contributed by atoms with Gasteiger partial charge in [0.05, 0.1) is 11.8 Å². The molecule has 6 rings (SSSR count). The molecule has 0 heterocycles. The lowest BCUT2D eigenvalue weighted by atomic mass is 9.33. The summed E-state index contributed by atoms with van der Waals surface area (Å²) in [6.45, 7) is 25.5. The summed E-state index contributed by atoms with van der Waals surface area (Å²) in [6.07, 6.45) is 9.51. The first-order chi connectivity index (χ1) is 26.8. The second-order valence-corrected chi connectivity index (χ2v) is 22.3. The van der Waals surface area contributed by atoms with Crippen LogP contribution in [0.25, 0.3) is 0 Å². The van der Waals surface area contributed by atoms with Gasteiger partial charge in [-0.1, -0.05) is 48.5 Å². The average Bonchev–Trinajstić information content (AvgIpc) is 3.87. The summed E-state index contributed by atoms with van der Waals surface area (Å²) in [6, 6.07) is 0. The highest BCUT2D eigenvalue weighted by Gasteiger charge is 2.71. The van der Waals surface area contributed by atoms with E-state index in [0.717, 1.165) is 63.5 Å². The Morgan fingerprint density at radius 3 is 2.12 bits per heavy atom. The molecule has 1 N–H and O–H groups in total. The highest BCUT2D eigenvalue weighted by Crippen LogP contribution is 2.77. The molecular weight excluding hydrogens is 733 g/mol. The van der Waals surface area contributed by atoms with Crippen molar-refractivity contribution < 1.29 is 38.6 Å². The number of fused-ring (bicyclic) bond motifs is 7. The smallest absolute Gasteiger partial charge is 0.309 e. The normalized spacial score (nSPS) is 36.1. The van der Waals surface area contributed by atoms with Crippen molar-refractivity contribution in [2.24, 2.45) is 62.1 Å². The molecule has 1 amide bonds. The first-order valence-corrected chi connectivity index (χ1v) is 22.7. The van der Waals surface area contributed by atoms with Crippen molar-refractivity contribution in [2.45, 2.75) is 165 Å². The van der Waals surface area contributed by atoms with E-state index in [1.807, 2.05) is 7.05 Å². The lowest BCUT2D eigenvalue weighted by Gasteiger charge is -2.72. The lowest BCUT2D eigenvalue weighted by molar-refractivity contribution is -0.235. The van der Waals surface area contributed by atoms with Gasteiger partial charge in [0.2, 0.25) is 5.91 Å². The Balaban J connectivity index is 1.32. The van der Waals surface area contributed by atoms with Gasteiger partial charge in [-0.15, -0.1) is 0 Å². The molecule has 326 valence electrons. The van der Waals surface area contributed by atoms with E-state index in [9.17, 15) is 29.1 Å². The van der Waals surface area contributed by atoms with Crippen LogP contribution in [0.1, 0.15) is 153 Å². The zero-order chi connectivity index (χ0) is 43.0. The van der Waals surface area contributed by atoms with Crippen molar-refractivity contribution >= 4 is 29.6 Å². The van der Waals surface area contributed by atoms with Crippen molar-refractivity contribution in [1.82, 2.24) is 9.80 Å². The number of nitrogens with zero attached hydrogens (tertiary/aromatic N) is 2. The molecule has 6 aliphatic carbocycles. The fourth-order valence-corrected chi connectivity index (χ4v) is 14.0. The van der Waals surface area contributed by atoms with Crippen LogP contribution in [-0.4, -0.2) is 89.9 Å². The minimum absolute atomic E-state index is 0.00533. The molecule has 0 bridgehead atoms. The molecule has 5 saturated carbocycles.